The van der Waals surface area contributed by atoms with Crippen LogP contribution in [0.4, 0.5) is 0 Å². The van der Waals surface area contributed by atoms with Gasteiger partial charge in [-0.25, -0.2) is 0 Å². The highest BCUT2D eigenvalue weighted by atomic mass is 16.7. The number of fused-ring (bicyclic) bond motifs is 5. The van der Waals surface area contributed by atoms with E-state index in [4.69, 9.17) is 9.47 Å². The first-order valence-corrected chi connectivity index (χ1v) is 11.1. The maximum atomic E-state index is 12.9. The lowest BCUT2D eigenvalue weighted by Crippen LogP contribution is -2.61. The van der Waals surface area contributed by atoms with Gasteiger partial charge in [-0.3, -0.25) is 4.79 Å². The standard InChI is InChI=1S/C23H38O5/c1-14(24)23(26)19(25)12-18-16-7-6-15-13-22(27-4,28-5)11-10-20(15,2)17(16)8-9-21(18,23)3/h14-18,24,26H,6-13H2,1-5H3/t14-,15+,16-,17+,18+,20+,21+,23-/m1/s1. The summed E-state index contributed by atoms with van der Waals surface area (Å²) in [4.78, 5) is 12.9. The van der Waals surface area contributed by atoms with Crippen molar-refractivity contribution in [2.24, 2.45) is 34.5 Å². The summed E-state index contributed by atoms with van der Waals surface area (Å²) < 4.78 is 11.6. The lowest BCUT2D eigenvalue weighted by molar-refractivity contribution is -0.263. The molecule has 0 aromatic rings. The minimum absolute atomic E-state index is 0.149. The van der Waals surface area contributed by atoms with Crippen molar-refractivity contribution in [1.29, 1.82) is 0 Å². The van der Waals surface area contributed by atoms with Gasteiger partial charge in [-0.1, -0.05) is 13.8 Å². The Hall–Kier alpha value is -0.490. The zero-order chi connectivity index (χ0) is 20.5. The van der Waals surface area contributed by atoms with Crippen LogP contribution in [0.25, 0.3) is 0 Å². The summed E-state index contributed by atoms with van der Waals surface area (Å²) in [6, 6.07) is 0. The highest BCUT2D eigenvalue weighted by molar-refractivity contribution is 5.91. The number of hydrogen-bond acceptors (Lipinski definition) is 5. The maximum Gasteiger partial charge on any atom is 0.167 e. The van der Waals surface area contributed by atoms with Gasteiger partial charge in [0.15, 0.2) is 17.2 Å². The minimum atomic E-state index is -1.59. The maximum absolute atomic E-state index is 12.9. The molecule has 0 bridgehead atoms. The lowest BCUT2D eigenvalue weighted by Gasteiger charge is -2.62. The van der Waals surface area contributed by atoms with E-state index < -0.39 is 22.9 Å². The van der Waals surface area contributed by atoms with Gasteiger partial charge in [0.25, 0.3) is 0 Å². The largest absolute Gasteiger partial charge is 0.390 e. The smallest absolute Gasteiger partial charge is 0.167 e. The Morgan fingerprint density at radius 3 is 2.32 bits per heavy atom. The molecular formula is C23H38O5. The van der Waals surface area contributed by atoms with Crippen LogP contribution in [0.3, 0.4) is 0 Å². The number of ether oxygens (including phenoxy) is 2. The number of carbonyl (C=O) groups is 1. The van der Waals surface area contributed by atoms with Gasteiger partial charge >= 0.3 is 0 Å². The summed E-state index contributed by atoms with van der Waals surface area (Å²) in [5, 5.41) is 21.6. The summed E-state index contributed by atoms with van der Waals surface area (Å²) in [6.45, 7) is 6.08. The fraction of sp³-hybridized carbons (Fsp3) is 0.957. The Balaban J connectivity index is 1.63. The number of hydrogen-bond donors (Lipinski definition) is 2. The molecule has 2 N–H and O–H groups in total. The Labute approximate surface area is 169 Å². The average Bonchev–Trinajstić information content (AvgIpc) is 2.89. The van der Waals surface area contributed by atoms with E-state index in [1.165, 1.54) is 0 Å². The van der Waals surface area contributed by atoms with Gasteiger partial charge in [-0.15, -0.1) is 0 Å². The molecule has 0 spiro atoms. The minimum Gasteiger partial charge on any atom is -0.390 e. The molecule has 0 aromatic carbocycles. The zero-order valence-corrected chi connectivity index (χ0v) is 18.2. The van der Waals surface area contributed by atoms with E-state index in [9.17, 15) is 15.0 Å². The fourth-order valence-corrected chi connectivity index (χ4v) is 8.20. The number of rotatable bonds is 3. The quantitative estimate of drug-likeness (QED) is 0.718. The molecule has 5 nitrogen and oxygen atoms in total. The van der Waals surface area contributed by atoms with Crippen molar-refractivity contribution in [3.05, 3.63) is 0 Å². The van der Waals surface area contributed by atoms with Crippen molar-refractivity contribution < 1.29 is 24.5 Å². The predicted octanol–water partition coefficient (Wildman–Crippen LogP) is 3.31. The van der Waals surface area contributed by atoms with E-state index in [0.717, 1.165) is 44.9 Å². The molecule has 0 heterocycles. The molecule has 0 unspecified atom stereocenters. The molecule has 0 amide bonds. The van der Waals surface area contributed by atoms with Crippen molar-refractivity contribution >= 4 is 5.78 Å². The van der Waals surface area contributed by atoms with Crippen LogP contribution in [-0.2, 0) is 14.3 Å². The third-order valence-corrected chi connectivity index (χ3v) is 10.1. The van der Waals surface area contributed by atoms with Crippen LogP contribution in [0.5, 0.6) is 0 Å². The molecule has 0 saturated heterocycles. The first-order valence-electron chi connectivity index (χ1n) is 11.1. The molecule has 0 radical (unpaired) electrons. The summed E-state index contributed by atoms with van der Waals surface area (Å²) in [7, 11) is 3.51. The summed E-state index contributed by atoms with van der Waals surface area (Å²) in [6.07, 6.45) is 6.40. The highest BCUT2D eigenvalue weighted by Crippen LogP contribution is 2.68. The topological polar surface area (TPSA) is 76.0 Å². The lowest BCUT2D eigenvalue weighted by atomic mass is 9.44. The molecule has 160 valence electrons. The Morgan fingerprint density at radius 1 is 1.04 bits per heavy atom. The monoisotopic (exact) mass is 394 g/mol. The average molecular weight is 395 g/mol. The van der Waals surface area contributed by atoms with Gasteiger partial charge in [0.1, 0.15) is 0 Å². The SMILES string of the molecule is COC1(OC)CC[C@@]2(C)[C@@H](CC[C@@H]3[C@@H]2CC[C@@]2(C)[C@H]3CC(=O)[C@]2(O)[C@@H](C)O)C1. The second kappa shape index (κ2) is 6.50. The van der Waals surface area contributed by atoms with Crippen molar-refractivity contribution in [3.8, 4) is 0 Å². The normalized spacial score (nSPS) is 51.2. The Bertz CT molecular complexity index is 643. The molecule has 0 aliphatic heterocycles. The molecule has 0 aromatic heterocycles. The van der Waals surface area contributed by atoms with Crippen molar-refractivity contribution in [1.82, 2.24) is 0 Å². The van der Waals surface area contributed by atoms with Crippen LogP contribution in [0.15, 0.2) is 0 Å². The van der Waals surface area contributed by atoms with Crippen molar-refractivity contribution in [3.63, 3.8) is 0 Å². The summed E-state index contributed by atoms with van der Waals surface area (Å²) in [5.41, 5.74) is -1.87. The fourth-order valence-electron chi connectivity index (χ4n) is 8.20. The third kappa shape index (κ3) is 2.42. The van der Waals surface area contributed by atoms with Gasteiger partial charge in [0.05, 0.1) is 6.10 Å². The summed E-state index contributed by atoms with van der Waals surface area (Å²) in [5.74, 6) is 1.17. The molecule has 5 heteroatoms. The van der Waals surface area contributed by atoms with E-state index in [0.29, 0.717) is 24.2 Å². The molecule has 4 rings (SSSR count). The zero-order valence-electron chi connectivity index (χ0n) is 18.2. The molecule has 4 fully saturated rings. The molecule has 4 saturated carbocycles. The van der Waals surface area contributed by atoms with E-state index in [2.05, 4.69) is 13.8 Å². The number of Topliss-reactive ketones (excluding diaryl/α,β-unsaturated/α-hetero) is 1. The van der Waals surface area contributed by atoms with E-state index in [-0.39, 0.29) is 17.1 Å². The summed E-state index contributed by atoms with van der Waals surface area (Å²) >= 11 is 0. The predicted molar refractivity (Wildman–Crippen MR) is 105 cm³/mol. The molecule has 8 atom stereocenters. The molecule has 4 aliphatic carbocycles. The number of aliphatic hydroxyl groups is 2. The van der Waals surface area contributed by atoms with Crippen molar-refractivity contribution in [2.45, 2.75) is 89.6 Å². The first-order chi connectivity index (χ1) is 13.1. The van der Waals surface area contributed by atoms with Crippen LogP contribution in [0.2, 0.25) is 0 Å². The number of aliphatic hydroxyl groups excluding tert-OH is 1. The highest BCUT2D eigenvalue weighted by Gasteiger charge is 2.69. The van der Waals surface area contributed by atoms with Crippen LogP contribution in [-0.4, -0.2) is 47.7 Å². The van der Waals surface area contributed by atoms with Gasteiger partial charge in [-0.2, -0.15) is 0 Å². The van der Waals surface area contributed by atoms with Gasteiger partial charge in [0.2, 0.25) is 0 Å². The number of carbonyl (C=O) groups excluding carboxylic acids is 1. The first kappa shape index (κ1) is 20.8. The molecule has 4 aliphatic rings. The number of methoxy groups -OCH3 is 2. The van der Waals surface area contributed by atoms with E-state index >= 15 is 0 Å². The van der Waals surface area contributed by atoms with Crippen LogP contribution in [0.1, 0.15) is 72.1 Å². The second-order valence-corrected chi connectivity index (χ2v) is 10.7. The second-order valence-electron chi connectivity index (χ2n) is 10.7. The van der Waals surface area contributed by atoms with Gasteiger partial charge < -0.3 is 19.7 Å². The van der Waals surface area contributed by atoms with Gasteiger partial charge in [-0.05, 0) is 68.1 Å². The Morgan fingerprint density at radius 2 is 1.71 bits per heavy atom. The Kier molecular flexibility index (Phi) is 4.82. The third-order valence-electron chi connectivity index (χ3n) is 10.1. The van der Waals surface area contributed by atoms with Crippen molar-refractivity contribution in [2.75, 3.05) is 14.2 Å². The van der Waals surface area contributed by atoms with Crippen LogP contribution < -0.4 is 0 Å². The molecular weight excluding hydrogens is 356 g/mol. The molecule has 28 heavy (non-hydrogen) atoms. The number of ketones is 1. The van der Waals surface area contributed by atoms with Crippen LogP contribution in [0, 0.1) is 34.5 Å². The van der Waals surface area contributed by atoms with Crippen LogP contribution >= 0.6 is 0 Å². The van der Waals surface area contributed by atoms with Gasteiger partial charge in [0, 0.05) is 38.9 Å². The van der Waals surface area contributed by atoms with E-state index in [1.807, 2.05) is 0 Å². The van der Waals surface area contributed by atoms with E-state index in [1.54, 1.807) is 21.1 Å².